The van der Waals surface area contributed by atoms with E-state index >= 15 is 0 Å². The molecule has 3 nitrogen and oxygen atoms in total. The Morgan fingerprint density at radius 1 is 1.12 bits per heavy atom. The number of fused-ring (bicyclic) bond motifs is 1. The molecule has 3 rings (SSSR count). The molecule has 2 aromatic carbocycles. The second kappa shape index (κ2) is 7.62. The van der Waals surface area contributed by atoms with E-state index in [0.717, 1.165) is 40.2 Å². The molecule has 0 amide bonds. The number of rotatable bonds is 6. The minimum absolute atomic E-state index is 0.237. The number of benzene rings is 2. The van der Waals surface area contributed by atoms with Gasteiger partial charge in [0.2, 0.25) is 0 Å². The molecule has 124 valence electrons. The van der Waals surface area contributed by atoms with E-state index in [0.29, 0.717) is 0 Å². The maximum atomic E-state index is 13.3. The summed E-state index contributed by atoms with van der Waals surface area (Å²) in [6, 6.07) is 14.5. The predicted octanol–water partition coefficient (Wildman–Crippen LogP) is 4.99. The molecule has 0 N–H and O–H groups in total. The molecular formula is C19H20FN3S. The van der Waals surface area contributed by atoms with E-state index in [1.807, 2.05) is 40.7 Å². The van der Waals surface area contributed by atoms with E-state index in [4.69, 9.17) is 0 Å². The lowest BCUT2D eigenvalue weighted by molar-refractivity contribution is 0.627. The van der Waals surface area contributed by atoms with Crippen LogP contribution in [0, 0.1) is 5.82 Å². The molecule has 0 aliphatic carbocycles. The van der Waals surface area contributed by atoms with Gasteiger partial charge in [-0.3, -0.25) is 0 Å². The highest BCUT2D eigenvalue weighted by Crippen LogP contribution is 2.26. The van der Waals surface area contributed by atoms with E-state index < -0.39 is 0 Å². The van der Waals surface area contributed by atoms with Crippen LogP contribution in [0.2, 0.25) is 0 Å². The maximum absolute atomic E-state index is 13.3. The zero-order chi connectivity index (χ0) is 16.9. The molecule has 0 radical (unpaired) electrons. The SMILES string of the molecule is CCCSC/C(C)=C(\c1ccc(F)cc1)n1nnc2ccccc21. The molecule has 1 heterocycles. The van der Waals surface area contributed by atoms with Gasteiger partial charge in [-0.25, -0.2) is 9.07 Å². The van der Waals surface area contributed by atoms with Gasteiger partial charge in [0.25, 0.3) is 0 Å². The molecule has 0 bridgehead atoms. The molecule has 1 aromatic heterocycles. The Morgan fingerprint density at radius 2 is 1.88 bits per heavy atom. The van der Waals surface area contributed by atoms with Crippen LogP contribution < -0.4 is 0 Å². The Balaban J connectivity index is 2.11. The quantitative estimate of drug-likeness (QED) is 0.592. The normalized spacial score (nSPS) is 12.5. The van der Waals surface area contributed by atoms with E-state index in [9.17, 15) is 4.39 Å². The van der Waals surface area contributed by atoms with Crippen LogP contribution in [0.4, 0.5) is 4.39 Å². The Bertz CT molecular complexity index is 852. The van der Waals surface area contributed by atoms with Crippen molar-refractivity contribution >= 4 is 28.5 Å². The van der Waals surface area contributed by atoms with Crippen LogP contribution in [-0.4, -0.2) is 26.5 Å². The molecule has 24 heavy (non-hydrogen) atoms. The van der Waals surface area contributed by atoms with Crippen molar-refractivity contribution in [2.75, 3.05) is 11.5 Å². The van der Waals surface area contributed by atoms with Gasteiger partial charge in [-0.1, -0.05) is 24.3 Å². The third-order valence-corrected chi connectivity index (χ3v) is 5.09. The summed E-state index contributed by atoms with van der Waals surface area (Å²) < 4.78 is 15.2. The molecule has 0 spiro atoms. The zero-order valence-electron chi connectivity index (χ0n) is 13.9. The fourth-order valence-electron chi connectivity index (χ4n) is 2.63. The summed E-state index contributed by atoms with van der Waals surface area (Å²) in [5.41, 5.74) is 4.94. The van der Waals surface area contributed by atoms with Crippen molar-refractivity contribution in [1.29, 1.82) is 0 Å². The van der Waals surface area contributed by atoms with Gasteiger partial charge < -0.3 is 0 Å². The fourth-order valence-corrected chi connectivity index (χ4v) is 3.51. The number of hydrogen-bond donors (Lipinski definition) is 0. The maximum Gasteiger partial charge on any atom is 0.123 e. The molecule has 5 heteroatoms. The molecule has 0 saturated heterocycles. The van der Waals surface area contributed by atoms with Gasteiger partial charge in [-0.15, -0.1) is 5.10 Å². The molecular weight excluding hydrogens is 321 g/mol. The minimum Gasteiger partial charge on any atom is -0.212 e. The predicted molar refractivity (Wildman–Crippen MR) is 99.5 cm³/mol. The third kappa shape index (κ3) is 3.51. The van der Waals surface area contributed by atoms with Gasteiger partial charge >= 0.3 is 0 Å². The Labute approximate surface area is 145 Å². The monoisotopic (exact) mass is 341 g/mol. The van der Waals surface area contributed by atoms with Crippen molar-refractivity contribution in [2.45, 2.75) is 20.3 Å². The van der Waals surface area contributed by atoms with Gasteiger partial charge in [-0.2, -0.15) is 11.8 Å². The van der Waals surface area contributed by atoms with Gasteiger partial charge in [-0.05, 0) is 61.1 Å². The lowest BCUT2D eigenvalue weighted by atomic mass is 10.1. The number of nitrogens with zero attached hydrogens (tertiary/aromatic N) is 3. The number of thioether (sulfide) groups is 1. The molecule has 0 aliphatic heterocycles. The van der Waals surface area contributed by atoms with Crippen LogP contribution in [0.25, 0.3) is 16.7 Å². The fraction of sp³-hybridized carbons (Fsp3) is 0.263. The lowest BCUT2D eigenvalue weighted by Crippen LogP contribution is -2.05. The number of aromatic nitrogens is 3. The van der Waals surface area contributed by atoms with Crippen molar-refractivity contribution in [2.24, 2.45) is 0 Å². The number of halogens is 1. The summed E-state index contributed by atoms with van der Waals surface area (Å²) in [7, 11) is 0. The first-order valence-electron chi connectivity index (χ1n) is 8.05. The first-order valence-corrected chi connectivity index (χ1v) is 9.20. The van der Waals surface area contributed by atoms with E-state index in [-0.39, 0.29) is 5.82 Å². The van der Waals surface area contributed by atoms with Crippen molar-refractivity contribution in [3.8, 4) is 0 Å². The summed E-state index contributed by atoms with van der Waals surface area (Å²) in [6.07, 6.45) is 1.15. The van der Waals surface area contributed by atoms with Crippen LogP contribution in [0.3, 0.4) is 0 Å². The Kier molecular flexibility index (Phi) is 5.30. The average molecular weight is 341 g/mol. The van der Waals surface area contributed by atoms with Crippen molar-refractivity contribution in [3.63, 3.8) is 0 Å². The van der Waals surface area contributed by atoms with E-state index in [2.05, 4.69) is 24.2 Å². The number of hydrogen-bond acceptors (Lipinski definition) is 3. The molecule has 0 unspecified atom stereocenters. The van der Waals surface area contributed by atoms with Crippen LogP contribution >= 0.6 is 11.8 Å². The summed E-state index contributed by atoms with van der Waals surface area (Å²) >= 11 is 1.90. The average Bonchev–Trinajstić information content (AvgIpc) is 3.01. The van der Waals surface area contributed by atoms with Gasteiger partial charge in [0, 0.05) is 11.3 Å². The first kappa shape index (κ1) is 16.7. The van der Waals surface area contributed by atoms with Crippen molar-refractivity contribution in [1.82, 2.24) is 15.0 Å². The highest BCUT2D eigenvalue weighted by Gasteiger charge is 2.14. The van der Waals surface area contributed by atoms with Gasteiger partial charge in [0.1, 0.15) is 11.3 Å². The second-order valence-electron chi connectivity index (χ2n) is 5.68. The topological polar surface area (TPSA) is 30.7 Å². The van der Waals surface area contributed by atoms with Crippen LogP contribution in [0.15, 0.2) is 54.1 Å². The molecule has 0 saturated carbocycles. The summed E-state index contributed by atoms with van der Waals surface area (Å²) in [4.78, 5) is 0. The molecule has 3 aromatic rings. The number of para-hydroxylation sites is 1. The van der Waals surface area contributed by atoms with Crippen LogP contribution in [0.1, 0.15) is 25.8 Å². The van der Waals surface area contributed by atoms with Crippen molar-refractivity contribution < 1.29 is 4.39 Å². The molecule has 0 atom stereocenters. The largest absolute Gasteiger partial charge is 0.212 e. The molecule has 0 aliphatic rings. The van der Waals surface area contributed by atoms with Crippen molar-refractivity contribution in [3.05, 3.63) is 65.5 Å². The molecule has 0 fully saturated rings. The van der Waals surface area contributed by atoms with E-state index in [1.54, 1.807) is 12.1 Å². The zero-order valence-corrected chi connectivity index (χ0v) is 14.7. The van der Waals surface area contributed by atoms with Gasteiger partial charge in [0.05, 0.1) is 11.2 Å². The summed E-state index contributed by atoms with van der Waals surface area (Å²) in [5, 5.41) is 8.61. The second-order valence-corrected chi connectivity index (χ2v) is 6.78. The highest BCUT2D eigenvalue weighted by atomic mass is 32.2. The Hall–Kier alpha value is -2.14. The first-order chi connectivity index (χ1) is 11.7. The minimum atomic E-state index is -0.237. The lowest BCUT2D eigenvalue weighted by Gasteiger charge is -2.13. The van der Waals surface area contributed by atoms with Gasteiger partial charge in [0.15, 0.2) is 0 Å². The standard InChI is InChI=1S/C19H20FN3S/c1-3-12-24-13-14(2)19(15-8-10-16(20)11-9-15)23-18-7-5-4-6-17(18)21-22-23/h4-11H,3,12-13H2,1-2H3/b19-14+. The summed E-state index contributed by atoms with van der Waals surface area (Å²) in [6.45, 7) is 4.29. The third-order valence-electron chi connectivity index (χ3n) is 3.75. The van der Waals surface area contributed by atoms with Crippen LogP contribution in [-0.2, 0) is 0 Å². The summed E-state index contributed by atoms with van der Waals surface area (Å²) in [5.74, 6) is 1.79. The van der Waals surface area contributed by atoms with E-state index in [1.165, 1.54) is 17.7 Å². The smallest absolute Gasteiger partial charge is 0.123 e. The van der Waals surface area contributed by atoms with Crippen LogP contribution in [0.5, 0.6) is 0 Å². The highest BCUT2D eigenvalue weighted by molar-refractivity contribution is 7.99. The Morgan fingerprint density at radius 3 is 2.62 bits per heavy atom.